The molecule has 3 rings (SSSR count). The van der Waals surface area contributed by atoms with Crippen LogP contribution in [-0.4, -0.2) is 32.4 Å². The van der Waals surface area contributed by atoms with Crippen LogP contribution in [0.25, 0.3) is 0 Å². The fraction of sp³-hybridized carbons (Fsp3) is 0.412. The van der Waals surface area contributed by atoms with Crippen molar-refractivity contribution < 1.29 is 13.2 Å². The van der Waals surface area contributed by atoms with Crippen molar-refractivity contribution in [2.24, 2.45) is 5.92 Å². The lowest BCUT2D eigenvalue weighted by molar-refractivity contribution is 0.0672. The van der Waals surface area contributed by atoms with Crippen molar-refractivity contribution in [2.45, 2.75) is 23.7 Å². The molecule has 0 spiro atoms. The standard InChI is InChI=1S/C17H20ClNO3S2/c18-16-8-9-17(23-16)24(20,21)19-10-4-7-15(11-19)13-22-12-14-5-2-1-3-6-14/h1-3,5-6,8-9,15H,4,7,10-13H2/t15-/m1/s1. The molecular weight excluding hydrogens is 366 g/mol. The van der Waals surface area contributed by atoms with E-state index in [0.29, 0.717) is 34.8 Å². The van der Waals surface area contributed by atoms with Crippen LogP contribution in [0.3, 0.4) is 0 Å². The molecule has 1 fully saturated rings. The summed E-state index contributed by atoms with van der Waals surface area (Å²) in [6.07, 6.45) is 1.85. The molecule has 0 saturated carbocycles. The van der Waals surface area contributed by atoms with E-state index in [2.05, 4.69) is 0 Å². The predicted molar refractivity (Wildman–Crippen MR) is 96.9 cm³/mol. The molecule has 1 atom stereocenters. The quantitative estimate of drug-likeness (QED) is 0.754. The van der Waals surface area contributed by atoms with Gasteiger partial charge in [0.15, 0.2) is 0 Å². The van der Waals surface area contributed by atoms with Crippen molar-refractivity contribution >= 4 is 33.0 Å². The lowest BCUT2D eigenvalue weighted by Crippen LogP contribution is -2.40. The summed E-state index contributed by atoms with van der Waals surface area (Å²) in [6.45, 7) is 2.20. The Balaban J connectivity index is 1.56. The predicted octanol–water partition coefficient (Wildman–Crippen LogP) is 4.02. The largest absolute Gasteiger partial charge is 0.376 e. The van der Waals surface area contributed by atoms with Crippen LogP contribution in [0, 0.1) is 5.92 Å². The Morgan fingerprint density at radius 3 is 2.71 bits per heavy atom. The van der Waals surface area contributed by atoms with Crippen LogP contribution < -0.4 is 0 Å². The normalized spacial score (nSPS) is 19.5. The number of benzene rings is 1. The van der Waals surface area contributed by atoms with Gasteiger partial charge in [0, 0.05) is 13.1 Å². The van der Waals surface area contributed by atoms with Gasteiger partial charge in [-0.1, -0.05) is 41.9 Å². The third-order valence-electron chi connectivity index (χ3n) is 4.09. The van der Waals surface area contributed by atoms with E-state index in [0.717, 1.165) is 29.7 Å². The number of halogens is 1. The van der Waals surface area contributed by atoms with Gasteiger partial charge in [0.05, 0.1) is 17.6 Å². The van der Waals surface area contributed by atoms with Gasteiger partial charge in [-0.3, -0.25) is 0 Å². The van der Waals surface area contributed by atoms with E-state index in [-0.39, 0.29) is 5.92 Å². The van der Waals surface area contributed by atoms with E-state index < -0.39 is 10.0 Å². The van der Waals surface area contributed by atoms with Crippen molar-refractivity contribution in [3.63, 3.8) is 0 Å². The molecule has 1 aliphatic rings. The maximum Gasteiger partial charge on any atom is 0.252 e. The Hall–Kier alpha value is -0.920. The van der Waals surface area contributed by atoms with Gasteiger partial charge in [-0.15, -0.1) is 11.3 Å². The second kappa shape index (κ2) is 7.97. The van der Waals surface area contributed by atoms with Crippen LogP contribution in [-0.2, 0) is 21.4 Å². The SMILES string of the molecule is O=S(=O)(c1ccc(Cl)s1)N1CCC[C@@H](COCc2ccccc2)C1. The highest BCUT2D eigenvalue weighted by Crippen LogP contribution is 2.30. The molecule has 4 nitrogen and oxygen atoms in total. The molecule has 1 aliphatic heterocycles. The van der Waals surface area contributed by atoms with Crippen molar-refractivity contribution in [1.29, 1.82) is 0 Å². The number of sulfonamides is 1. The van der Waals surface area contributed by atoms with Gasteiger partial charge in [0.2, 0.25) is 0 Å². The van der Waals surface area contributed by atoms with Crippen LogP contribution in [0.4, 0.5) is 0 Å². The first-order valence-corrected chi connectivity index (χ1v) is 10.6. The summed E-state index contributed by atoms with van der Waals surface area (Å²) < 4.78 is 33.5. The summed E-state index contributed by atoms with van der Waals surface area (Å²) in [5.41, 5.74) is 1.13. The number of ether oxygens (including phenoxy) is 1. The summed E-state index contributed by atoms with van der Waals surface area (Å²) in [7, 11) is -3.44. The first kappa shape index (κ1) is 17.9. The number of thiophene rings is 1. The second-order valence-corrected chi connectivity index (χ2v) is 9.81. The van der Waals surface area contributed by atoms with Crippen molar-refractivity contribution in [2.75, 3.05) is 19.7 Å². The molecule has 24 heavy (non-hydrogen) atoms. The number of nitrogens with zero attached hydrogens (tertiary/aromatic N) is 1. The molecule has 0 bridgehead atoms. The second-order valence-electron chi connectivity index (χ2n) is 5.93. The van der Waals surface area contributed by atoms with Gasteiger partial charge >= 0.3 is 0 Å². The molecule has 130 valence electrons. The highest BCUT2D eigenvalue weighted by molar-refractivity contribution is 7.91. The molecule has 1 aromatic heterocycles. The lowest BCUT2D eigenvalue weighted by atomic mass is 10.0. The van der Waals surface area contributed by atoms with Crippen LogP contribution >= 0.6 is 22.9 Å². The van der Waals surface area contributed by atoms with Gasteiger partial charge < -0.3 is 4.74 Å². The van der Waals surface area contributed by atoms with Crippen LogP contribution in [0.1, 0.15) is 18.4 Å². The number of rotatable bonds is 6. The minimum Gasteiger partial charge on any atom is -0.376 e. The summed E-state index contributed by atoms with van der Waals surface area (Å²) >= 11 is 6.99. The van der Waals surface area contributed by atoms with Gasteiger partial charge in [-0.05, 0) is 36.5 Å². The van der Waals surface area contributed by atoms with Crippen molar-refractivity contribution in [3.8, 4) is 0 Å². The lowest BCUT2D eigenvalue weighted by Gasteiger charge is -2.31. The Labute approximate surface area is 152 Å². The first-order chi connectivity index (χ1) is 11.6. The van der Waals surface area contributed by atoms with Gasteiger partial charge in [-0.25, -0.2) is 8.42 Å². The monoisotopic (exact) mass is 385 g/mol. The smallest absolute Gasteiger partial charge is 0.252 e. The van der Waals surface area contributed by atoms with Crippen LogP contribution in [0.5, 0.6) is 0 Å². The fourth-order valence-corrected chi connectivity index (χ4v) is 6.05. The Bertz CT molecular complexity index is 761. The fourth-order valence-electron chi connectivity index (χ4n) is 2.86. The maximum atomic E-state index is 12.7. The molecule has 0 aliphatic carbocycles. The van der Waals surface area contributed by atoms with Crippen LogP contribution in [0.2, 0.25) is 4.34 Å². The molecule has 2 aromatic rings. The molecular formula is C17H20ClNO3S2. The minimum absolute atomic E-state index is 0.229. The molecule has 1 saturated heterocycles. The summed E-state index contributed by atoms with van der Waals surface area (Å²) in [5.74, 6) is 0.229. The zero-order valence-electron chi connectivity index (χ0n) is 13.2. The number of hydrogen-bond donors (Lipinski definition) is 0. The molecule has 0 unspecified atom stereocenters. The number of hydrogen-bond acceptors (Lipinski definition) is 4. The highest BCUT2D eigenvalue weighted by atomic mass is 35.5. The third kappa shape index (κ3) is 4.37. The Morgan fingerprint density at radius 2 is 2.00 bits per heavy atom. The number of piperidine rings is 1. The van der Waals surface area contributed by atoms with Gasteiger partial charge in [-0.2, -0.15) is 4.31 Å². The van der Waals surface area contributed by atoms with E-state index in [9.17, 15) is 8.42 Å². The average molecular weight is 386 g/mol. The summed E-state index contributed by atoms with van der Waals surface area (Å²) in [6, 6.07) is 13.2. The molecule has 2 heterocycles. The zero-order chi connectivity index (χ0) is 17.0. The van der Waals surface area contributed by atoms with E-state index >= 15 is 0 Å². The Morgan fingerprint density at radius 1 is 1.21 bits per heavy atom. The van der Waals surface area contributed by atoms with Gasteiger partial charge in [0.1, 0.15) is 4.21 Å². The average Bonchev–Trinajstić information content (AvgIpc) is 3.03. The first-order valence-electron chi connectivity index (χ1n) is 7.93. The maximum absolute atomic E-state index is 12.7. The van der Waals surface area contributed by atoms with E-state index in [4.69, 9.17) is 16.3 Å². The van der Waals surface area contributed by atoms with E-state index in [1.54, 1.807) is 16.4 Å². The summed E-state index contributed by atoms with van der Waals surface area (Å²) in [4.78, 5) is 0. The third-order valence-corrected chi connectivity index (χ3v) is 7.65. The van der Waals surface area contributed by atoms with Crippen LogP contribution in [0.15, 0.2) is 46.7 Å². The minimum atomic E-state index is -3.44. The molecule has 7 heteroatoms. The molecule has 0 N–H and O–H groups in total. The summed E-state index contributed by atoms with van der Waals surface area (Å²) in [5, 5.41) is 0. The molecule has 0 radical (unpaired) electrons. The van der Waals surface area contributed by atoms with Gasteiger partial charge in [0.25, 0.3) is 10.0 Å². The topological polar surface area (TPSA) is 46.6 Å². The zero-order valence-corrected chi connectivity index (χ0v) is 15.6. The van der Waals surface area contributed by atoms with E-state index in [1.165, 1.54) is 0 Å². The molecule has 0 amide bonds. The molecule has 1 aromatic carbocycles. The van der Waals surface area contributed by atoms with Crippen molar-refractivity contribution in [1.82, 2.24) is 4.31 Å². The van der Waals surface area contributed by atoms with E-state index in [1.807, 2.05) is 30.3 Å². The highest BCUT2D eigenvalue weighted by Gasteiger charge is 2.31. The Kier molecular flexibility index (Phi) is 5.94. The van der Waals surface area contributed by atoms with Crippen molar-refractivity contribution in [3.05, 3.63) is 52.4 Å².